The van der Waals surface area contributed by atoms with Gasteiger partial charge in [0.05, 0.1) is 12.7 Å². The van der Waals surface area contributed by atoms with Crippen molar-refractivity contribution in [1.29, 1.82) is 5.26 Å². The fourth-order valence-corrected chi connectivity index (χ4v) is 2.47. The molecule has 0 atom stereocenters. The van der Waals surface area contributed by atoms with Crippen molar-refractivity contribution in [3.05, 3.63) is 23.8 Å². The summed E-state index contributed by atoms with van der Waals surface area (Å²) in [6.45, 7) is 2.15. The second kappa shape index (κ2) is 6.62. The molecule has 98 valence electrons. The van der Waals surface area contributed by atoms with Gasteiger partial charge in [-0.1, -0.05) is 6.07 Å². The lowest BCUT2D eigenvalue weighted by Gasteiger charge is -2.09. The Balaban J connectivity index is 2.74. The first-order valence-corrected chi connectivity index (χ1v) is 7.81. The maximum Gasteiger partial charge on any atom is 0.264 e. The van der Waals surface area contributed by atoms with Crippen molar-refractivity contribution in [3.63, 3.8) is 0 Å². The van der Waals surface area contributed by atoms with Gasteiger partial charge in [0.2, 0.25) is 0 Å². The Kier molecular flexibility index (Phi) is 5.45. The van der Waals surface area contributed by atoms with Crippen molar-refractivity contribution < 1.29 is 13.2 Å². The first kappa shape index (κ1) is 14.8. The molecule has 1 aromatic rings. The number of nitriles is 1. The molecule has 4 nitrogen and oxygen atoms in total. The molecule has 0 heterocycles. The average Bonchev–Trinajstić information content (AvgIpc) is 2.29. The van der Waals surface area contributed by atoms with Crippen LogP contribution in [0, 0.1) is 18.3 Å². The van der Waals surface area contributed by atoms with E-state index in [0.717, 1.165) is 12.0 Å². The Morgan fingerprint density at radius 3 is 2.72 bits per heavy atom. The van der Waals surface area contributed by atoms with Crippen molar-refractivity contribution >= 4 is 19.7 Å². The quantitative estimate of drug-likeness (QED) is 0.596. The standard InChI is InChI=1S/C12H14ClNO3S/c1-10-5-6-11(12(9-10)18(13,15)16)17-8-4-2-3-7-14/h5-6,9H,2-4,8H2,1H3. The van der Waals surface area contributed by atoms with Gasteiger partial charge in [-0.05, 0) is 37.5 Å². The van der Waals surface area contributed by atoms with E-state index in [0.29, 0.717) is 19.4 Å². The Bertz CT molecular complexity index is 549. The number of hydrogen-bond donors (Lipinski definition) is 0. The SMILES string of the molecule is Cc1ccc(OCCCCC#N)c(S(=O)(=O)Cl)c1. The van der Waals surface area contributed by atoms with E-state index in [1.165, 1.54) is 6.07 Å². The Labute approximate surface area is 112 Å². The van der Waals surface area contributed by atoms with E-state index in [-0.39, 0.29) is 10.6 Å². The van der Waals surface area contributed by atoms with Crippen molar-refractivity contribution in [2.45, 2.75) is 31.1 Å². The average molecular weight is 288 g/mol. The molecule has 0 unspecified atom stereocenters. The van der Waals surface area contributed by atoms with Crippen LogP contribution in [0.4, 0.5) is 0 Å². The summed E-state index contributed by atoms with van der Waals surface area (Å²) in [7, 11) is 1.54. The molecule has 0 spiro atoms. The third-order valence-electron chi connectivity index (χ3n) is 2.30. The van der Waals surface area contributed by atoms with Crippen LogP contribution in [-0.2, 0) is 9.05 Å². The number of ether oxygens (including phenoxy) is 1. The van der Waals surface area contributed by atoms with Crippen LogP contribution in [0.1, 0.15) is 24.8 Å². The van der Waals surface area contributed by atoms with Crippen LogP contribution in [0.5, 0.6) is 5.75 Å². The van der Waals surface area contributed by atoms with Crippen molar-refractivity contribution in [3.8, 4) is 11.8 Å². The van der Waals surface area contributed by atoms with Crippen molar-refractivity contribution in [1.82, 2.24) is 0 Å². The number of aryl methyl sites for hydroxylation is 1. The molecule has 1 aromatic carbocycles. The van der Waals surface area contributed by atoms with Crippen molar-refractivity contribution in [2.24, 2.45) is 0 Å². The van der Waals surface area contributed by atoms with Gasteiger partial charge in [0.25, 0.3) is 9.05 Å². The van der Waals surface area contributed by atoms with E-state index < -0.39 is 9.05 Å². The van der Waals surface area contributed by atoms with Gasteiger partial charge in [-0.3, -0.25) is 0 Å². The topological polar surface area (TPSA) is 67.2 Å². The highest BCUT2D eigenvalue weighted by Gasteiger charge is 2.16. The minimum Gasteiger partial charge on any atom is -0.492 e. The van der Waals surface area contributed by atoms with E-state index in [4.69, 9.17) is 20.7 Å². The highest BCUT2D eigenvalue weighted by atomic mass is 35.7. The molecule has 0 saturated carbocycles. The van der Waals surface area contributed by atoms with Gasteiger partial charge >= 0.3 is 0 Å². The molecule has 0 aliphatic carbocycles. The van der Waals surface area contributed by atoms with Crippen LogP contribution in [0.2, 0.25) is 0 Å². The van der Waals surface area contributed by atoms with Gasteiger partial charge in [0.15, 0.2) is 0 Å². The summed E-state index contributed by atoms with van der Waals surface area (Å²) in [6.07, 6.45) is 1.90. The molecule has 0 saturated heterocycles. The number of benzene rings is 1. The predicted octanol–water partition coefficient (Wildman–Crippen LogP) is 3.00. The summed E-state index contributed by atoms with van der Waals surface area (Å²) in [5.74, 6) is 0.257. The smallest absolute Gasteiger partial charge is 0.264 e. The third kappa shape index (κ3) is 4.55. The Morgan fingerprint density at radius 1 is 1.39 bits per heavy atom. The fraction of sp³-hybridized carbons (Fsp3) is 0.417. The zero-order chi connectivity index (χ0) is 13.6. The minimum atomic E-state index is -3.81. The summed E-state index contributed by atoms with van der Waals surface area (Å²) >= 11 is 0. The Hall–Kier alpha value is -1.25. The van der Waals surface area contributed by atoms with Crippen LogP contribution in [-0.4, -0.2) is 15.0 Å². The lowest BCUT2D eigenvalue weighted by molar-refractivity contribution is 0.300. The number of halogens is 1. The molecule has 0 amide bonds. The normalized spacial score (nSPS) is 10.9. The molecule has 0 radical (unpaired) electrons. The molecule has 0 aromatic heterocycles. The molecule has 0 N–H and O–H groups in total. The second-order valence-electron chi connectivity index (χ2n) is 3.85. The molecule has 0 bridgehead atoms. The molecule has 0 fully saturated rings. The number of unbranched alkanes of at least 4 members (excludes halogenated alkanes) is 2. The van der Waals surface area contributed by atoms with Gasteiger partial charge < -0.3 is 4.74 Å². The van der Waals surface area contributed by atoms with Crippen molar-refractivity contribution in [2.75, 3.05) is 6.61 Å². The summed E-state index contributed by atoms with van der Waals surface area (Å²) in [5, 5.41) is 8.38. The monoisotopic (exact) mass is 287 g/mol. The Morgan fingerprint density at radius 2 is 2.11 bits per heavy atom. The maximum absolute atomic E-state index is 11.4. The van der Waals surface area contributed by atoms with Crippen LogP contribution < -0.4 is 4.74 Å². The maximum atomic E-state index is 11.4. The van der Waals surface area contributed by atoms with E-state index in [9.17, 15) is 8.42 Å². The zero-order valence-corrected chi connectivity index (χ0v) is 11.6. The highest BCUT2D eigenvalue weighted by Crippen LogP contribution is 2.28. The van der Waals surface area contributed by atoms with Crippen LogP contribution >= 0.6 is 10.7 Å². The molecular formula is C12H14ClNO3S. The lowest BCUT2D eigenvalue weighted by atomic mass is 10.2. The van der Waals surface area contributed by atoms with E-state index >= 15 is 0 Å². The first-order valence-electron chi connectivity index (χ1n) is 5.50. The predicted molar refractivity (Wildman–Crippen MR) is 69.2 cm³/mol. The molecule has 0 aliphatic rings. The van der Waals surface area contributed by atoms with Crippen LogP contribution in [0.15, 0.2) is 23.1 Å². The van der Waals surface area contributed by atoms with E-state index in [2.05, 4.69) is 0 Å². The van der Waals surface area contributed by atoms with Gasteiger partial charge in [-0.15, -0.1) is 0 Å². The van der Waals surface area contributed by atoms with Gasteiger partial charge in [0, 0.05) is 17.1 Å². The van der Waals surface area contributed by atoms with Crippen LogP contribution in [0.3, 0.4) is 0 Å². The number of rotatable bonds is 6. The van der Waals surface area contributed by atoms with E-state index in [1.54, 1.807) is 19.1 Å². The number of hydrogen-bond acceptors (Lipinski definition) is 4. The third-order valence-corrected chi connectivity index (χ3v) is 3.65. The zero-order valence-electron chi connectivity index (χ0n) is 10.0. The first-order chi connectivity index (χ1) is 8.45. The number of nitrogens with zero attached hydrogens (tertiary/aromatic N) is 1. The summed E-state index contributed by atoms with van der Waals surface area (Å²) < 4.78 is 28.2. The minimum absolute atomic E-state index is 0.00977. The van der Waals surface area contributed by atoms with Gasteiger partial charge in [-0.2, -0.15) is 5.26 Å². The summed E-state index contributed by atoms with van der Waals surface area (Å²) in [5.41, 5.74) is 0.797. The van der Waals surface area contributed by atoms with Gasteiger partial charge in [-0.25, -0.2) is 8.42 Å². The summed E-state index contributed by atoms with van der Waals surface area (Å²) in [6, 6.07) is 6.87. The molecule has 0 aliphatic heterocycles. The van der Waals surface area contributed by atoms with Gasteiger partial charge in [0.1, 0.15) is 10.6 Å². The summed E-state index contributed by atoms with van der Waals surface area (Å²) in [4.78, 5) is -0.00977. The lowest BCUT2D eigenvalue weighted by Crippen LogP contribution is -2.02. The molecule has 6 heteroatoms. The highest BCUT2D eigenvalue weighted by molar-refractivity contribution is 8.13. The molecular weight excluding hydrogens is 274 g/mol. The molecule has 18 heavy (non-hydrogen) atoms. The largest absolute Gasteiger partial charge is 0.492 e. The van der Waals surface area contributed by atoms with Crippen LogP contribution in [0.25, 0.3) is 0 Å². The van der Waals surface area contributed by atoms with E-state index in [1.807, 2.05) is 6.07 Å². The second-order valence-corrected chi connectivity index (χ2v) is 6.39. The fourth-order valence-electron chi connectivity index (χ4n) is 1.41. The molecule has 1 rings (SSSR count).